The number of fused-ring (bicyclic) bond motifs is 2. The van der Waals surface area contributed by atoms with Crippen LogP contribution in [0.4, 0.5) is 0 Å². The van der Waals surface area contributed by atoms with Gasteiger partial charge in [-0.05, 0) is 18.3 Å². The molecule has 0 aliphatic heterocycles. The van der Waals surface area contributed by atoms with Gasteiger partial charge in [0.05, 0.1) is 0 Å². The van der Waals surface area contributed by atoms with Crippen molar-refractivity contribution in [3.05, 3.63) is 0 Å². The molecule has 2 fully saturated rings. The van der Waals surface area contributed by atoms with Gasteiger partial charge in [-0.3, -0.25) is 13.9 Å². The Hall–Kier alpha value is -0.510. The molecule has 0 aromatic carbocycles. The fourth-order valence-electron chi connectivity index (χ4n) is 3.84. The van der Waals surface area contributed by atoms with E-state index in [1.807, 2.05) is 0 Å². The van der Waals surface area contributed by atoms with Crippen LogP contribution in [0.2, 0.25) is 0 Å². The molecule has 0 spiro atoms. The van der Waals surface area contributed by atoms with Crippen LogP contribution < -0.4 is 0 Å². The Balaban J connectivity index is 2.94. The fourth-order valence-corrected chi connectivity index (χ4v) is 7.37. The molecular weight excluding hydrogens is 296 g/mol. The monoisotopic (exact) mass is 312 g/mol. The van der Waals surface area contributed by atoms with Gasteiger partial charge >= 0.3 is 0 Å². The van der Waals surface area contributed by atoms with Gasteiger partial charge < -0.3 is 0 Å². The lowest BCUT2D eigenvalue weighted by atomic mass is 9.70. The average Bonchev–Trinajstić information content (AvgIpc) is 2.45. The predicted octanol–water partition coefficient (Wildman–Crippen LogP) is 0.484. The lowest BCUT2D eigenvalue weighted by Gasteiger charge is -2.31. The number of Topliss-reactive ketones (excluding diaryl/α,β-unsaturated/α-hetero) is 1. The summed E-state index contributed by atoms with van der Waals surface area (Å²) in [5.74, 6) is -2.30. The van der Waals surface area contributed by atoms with Gasteiger partial charge in [-0.2, -0.15) is 16.8 Å². The zero-order valence-corrected chi connectivity index (χ0v) is 12.4. The van der Waals surface area contributed by atoms with Crippen LogP contribution in [0.1, 0.15) is 33.6 Å². The SMILES string of the molecule is CC12CCC(C1(C)C)C(S(=O)(=O)O)(S(=O)(=O)O)C2=O. The van der Waals surface area contributed by atoms with Crippen LogP contribution in [0.5, 0.6) is 0 Å². The lowest BCUT2D eigenvalue weighted by Crippen LogP contribution is -2.57. The van der Waals surface area contributed by atoms with Crippen LogP contribution in [0.15, 0.2) is 0 Å². The van der Waals surface area contributed by atoms with Crippen molar-refractivity contribution in [1.29, 1.82) is 0 Å². The van der Waals surface area contributed by atoms with Crippen molar-refractivity contribution in [2.24, 2.45) is 16.7 Å². The maximum atomic E-state index is 12.4. The normalized spacial score (nSPS) is 36.7. The van der Waals surface area contributed by atoms with Crippen molar-refractivity contribution >= 4 is 26.0 Å². The Morgan fingerprint density at radius 2 is 1.47 bits per heavy atom. The number of carbonyl (C=O) groups is 1. The number of hydrogen-bond acceptors (Lipinski definition) is 5. The summed E-state index contributed by atoms with van der Waals surface area (Å²) in [6.07, 6.45) is 0.463. The number of ketones is 1. The molecular formula is C10H16O7S2. The van der Waals surface area contributed by atoms with Crippen LogP contribution >= 0.6 is 0 Å². The first-order valence-corrected chi connectivity index (χ1v) is 8.61. The van der Waals surface area contributed by atoms with E-state index in [1.165, 1.54) is 6.92 Å². The molecule has 0 saturated heterocycles. The standard InChI is InChI=1S/C10H16O7S2/c1-8(2)6-4-5-9(8,3)7(11)10(6,18(12,13)14)19(15,16)17/h6H,4-5H2,1-3H3,(H,12,13,14)(H,15,16,17). The maximum Gasteiger partial charge on any atom is 0.295 e. The summed E-state index contributed by atoms with van der Waals surface area (Å²) in [7, 11) is -10.6. The summed E-state index contributed by atoms with van der Waals surface area (Å²) in [5, 5.41) is 0. The molecule has 2 rings (SSSR count). The third-order valence-corrected chi connectivity index (χ3v) is 9.01. The second-order valence-corrected chi connectivity index (χ2v) is 9.54. The highest BCUT2D eigenvalue weighted by Gasteiger charge is 2.82. The highest BCUT2D eigenvalue weighted by Crippen LogP contribution is 2.69. The highest BCUT2D eigenvalue weighted by molar-refractivity contribution is 8.06. The molecule has 2 N–H and O–H groups in total. The zero-order valence-electron chi connectivity index (χ0n) is 10.7. The first kappa shape index (κ1) is 14.9. The molecule has 2 aliphatic rings. The molecule has 9 heteroatoms. The van der Waals surface area contributed by atoms with Crippen molar-refractivity contribution < 1.29 is 30.7 Å². The van der Waals surface area contributed by atoms with Crippen LogP contribution in [0.25, 0.3) is 0 Å². The summed E-state index contributed by atoms with van der Waals surface area (Å²) in [6.45, 7) is 4.65. The van der Waals surface area contributed by atoms with E-state index >= 15 is 0 Å². The highest BCUT2D eigenvalue weighted by atomic mass is 32.3. The number of hydrogen-bond donors (Lipinski definition) is 2. The molecule has 0 amide bonds. The summed E-state index contributed by atoms with van der Waals surface area (Å²) in [6, 6.07) is 0. The fraction of sp³-hybridized carbons (Fsp3) is 0.900. The second-order valence-electron chi connectivity index (χ2n) is 6.09. The number of carbonyl (C=O) groups excluding carboxylic acids is 1. The van der Waals surface area contributed by atoms with E-state index in [9.17, 15) is 30.7 Å². The van der Waals surface area contributed by atoms with Crippen LogP contribution in [0.3, 0.4) is 0 Å². The minimum absolute atomic E-state index is 0.134. The van der Waals surface area contributed by atoms with Gasteiger partial charge in [0.15, 0.2) is 5.78 Å². The Morgan fingerprint density at radius 1 is 1.05 bits per heavy atom. The van der Waals surface area contributed by atoms with Crippen molar-refractivity contribution in [2.75, 3.05) is 0 Å². The lowest BCUT2D eigenvalue weighted by molar-refractivity contribution is -0.128. The van der Waals surface area contributed by atoms with E-state index in [4.69, 9.17) is 0 Å². The molecule has 0 aromatic rings. The van der Waals surface area contributed by atoms with E-state index in [0.717, 1.165) is 0 Å². The predicted molar refractivity (Wildman–Crippen MR) is 65.4 cm³/mol. The molecule has 2 unspecified atom stereocenters. The first-order chi connectivity index (χ1) is 8.24. The molecule has 0 aromatic heterocycles. The molecule has 0 heterocycles. The summed E-state index contributed by atoms with van der Waals surface area (Å²) < 4.78 is 62.1. The smallest absolute Gasteiger partial charge is 0.295 e. The van der Waals surface area contributed by atoms with Crippen molar-refractivity contribution in [1.82, 2.24) is 0 Å². The Kier molecular flexibility index (Phi) is 2.65. The van der Waals surface area contributed by atoms with E-state index in [-0.39, 0.29) is 6.42 Å². The van der Waals surface area contributed by atoms with Crippen LogP contribution in [-0.2, 0) is 25.0 Å². The van der Waals surface area contributed by atoms with Gasteiger partial charge in [-0.1, -0.05) is 20.8 Å². The summed E-state index contributed by atoms with van der Waals surface area (Å²) >= 11 is 0. The third kappa shape index (κ3) is 1.32. The summed E-state index contributed by atoms with van der Waals surface area (Å²) in [4.78, 5) is 12.4. The van der Waals surface area contributed by atoms with Gasteiger partial charge in [0, 0.05) is 11.3 Å². The molecule has 2 aliphatic carbocycles. The largest absolute Gasteiger partial charge is 0.296 e. The molecule has 2 atom stereocenters. The van der Waals surface area contributed by atoms with E-state index in [0.29, 0.717) is 6.42 Å². The third-order valence-electron chi connectivity index (χ3n) is 5.27. The van der Waals surface area contributed by atoms with Gasteiger partial charge in [0.1, 0.15) is 0 Å². The molecule has 2 saturated carbocycles. The molecule has 2 bridgehead atoms. The van der Waals surface area contributed by atoms with Crippen molar-refractivity contribution in [3.63, 3.8) is 0 Å². The maximum absolute atomic E-state index is 12.4. The van der Waals surface area contributed by atoms with Crippen LogP contribution in [-0.4, -0.2) is 35.8 Å². The second kappa shape index (κ2) is 3.38. The van der Waals surface area contributed by atoms with Crippen molar-refractivity contribution in [2.45, 2.75) is 37.7 Å². The number of rotatable bonds is 2. The van der Waals surface area contributed by atoms with Gasteiger partial charge in [0.25, 0.3) is 24.3 Å². The van der Waals surface area contributed by atoms with Crippen molar-refractivity contribution in [3.8, 4) is 0 Å². The topological polar surface area (TPSA) is 126 Å². The van der Waals surface area contributed by atoms with E-state index < -0.39 is 46.8 Å². The average molecular weight is 312 g/mol. The quantitative estimate of drug-likeness (QED) is 0.710. The molecule has 7 nitrogen and oxygen atoms in total. The van der Waals surface area contributed by atoms with E-state index in [1.54, 1.807) is 13.8 Å². The molecule has 110 valence electrons. The minimum Gasteiger partial charge on any atom is -0.296 e. The Labute approximate surface area is 111 Å². The first-order valence-electron chi connectivity index (χ1n) is 5.73. The van der Waals surface area contributed by atoms with Gasteiger partial charge in [-0.25, -0.2) is 0 Å². The Morgan fingerprint density at radius 3 is 1.68 bits per heavy atom. The van der Waals surface area contributed by atoms with Gasteiger partial charge in [0.2, 0.25) is 0 Å². The van der Waals surface area contributed by atoms with Crippen LogP contribution in [0, 0.1) is 16.7 Å². The minimum atomic E-state index is -5.30. The molecule has 19 heavy (non-hydrogen) atoms. The zero-order chi connectivity index (χ0) is 15.1. The molecule has 0 radical (unpaired) electrons. The Bertz CT molecular complexity index is 626. The van der Waals surface area contributed by atoms with Gasteiger partial charge in [-0.15, -0.1) is 0 Å². The summed E-state index contributed by atoms with van der Waals surface area (Å²) in [5.41, 5.74) is -2.15. The van der Waals surface area contributed by atoms with E-state index in [2.05, 4.69) is 0 Å².